The summed E-state index contributed by atoms with van der Waals surface area (Å²) in [6, 6.07) is 8.94. The van der Waals surface area contributed by atoms with E-state index in [1.165, 1.54) is 6.42 Å². The maximum atomic E-state index is 12.2. The molecule has 0 unspecified atom stereocenters. The van der Waals surface area contributed by atoms with Crippen LogP contribution in [0.1, 0.15) is 47.6 Å². The first-order chi connectivity index (χ1) is 10.0. The molecule has 21 heavy (non-hydrogen) atoms. The van der Waals surface area contributed by atoms with Crippen molar-refractivity contribution in [1.82, 2.24) is 0 Å². The Balaban J connectivity index is 1.63. The highest BCUT2D eigenvalue weighted by Gasteiger charge is 2.36. The maximum Gasteiger partial charge on any atom is 0.164 e. The standard InChI is InChI=1S/C17H16Cl2O2/c1-10-8-13(10)17-7-4-12(21-17)3-6-16(20)14-9-11(18)2-5-15(14)19/h2,4-5,7,9-10,13H,3,6,8H2,1H3/t10-,13+/m1/s1. The van der Waals surface area contributed by atoms with Crippen LogP contribution in [-0.2, 0) is 6.42 Å². The summed E-state index contributed by atoms with van der Waals surface area (Å²) in [6.07, 6.45) is 2.15. The lowest BCUT2D eigenvalue weighted by Crippen LogP contribution is -2.01. The number of furan rings is 1. The smallest absolute Gasteiger partial charge is 0.164 e. The second-order valence-corrected chi connectivity index (χ2v) is 6.51. The Kier molecular flexibility index (Phi) is 4.10. The molecule has 1 aromatic carbocycles. The van der Waals surface area contributed by atoms with Gasteiger partial charge in [-0.05, 0) is 42.7 Å². The minimum atomic E-state index is -0.0137. The molecule has 0 spiro atoms. The van der Waals surface area contributed by atoms with Gasteiger partial charge in [-0.3, -0.25) is 4.79 Å². The van der Waals surface area contributed by atoms with Gasteiger partial charge in [-0.2, -0.15) is 0 Å². The number of rotatable bonds is 5. The summed E-state index contributed by atoms with van der Waals surface area (Å²) in [5.41, 5.74) is 0.478. The number of carbonyl (C=O) groups excluding carboxylic acids is 1. The number of hydrogen-bond acceptors (Lipinski definition) is 2. The highest BCUT2D eigenvalue weighted by atomic mass is 35.5. The molecular formula is C17H16Cl2O2. The first-order valence-corrected chi connectivity index (χ1v) is 7.87. The van der Waals surface area contributed by atoms with Crippen LogP contribution >= 0.6 is 23.2 Å². The topological polar surface area (TPSA) is 30.2 Å². The molecule has 3 rings (SSSR count). The third-order valence-electron chi connectivity index (χ3n) is 3.98. The van der Waals surface area contributed by atoms with Gasteiger partial charge in [-0.15, -0.1) is 0 Å². The Bertz CT molecular complexity index is 675. The predicted molar refractivity (Wildman–Crippen MR) is 84.3 cm³/mol. The molecule has 0 saturated heterocycles. The summed E-state index contributed by atoms with van der Waals surface area (Å²) in [5.74, 6) is 3.18. The molecule has 2 nitrogen and oxygen atoms in total. The molecule has 0 amide bonds. The molecule has 2 aromatic rings. The van der Waals surface area contributed by atoms with Crippen LogP contribution in [0.5, 0.6) is 0 Å². The van der Waals surface area contributed by atoms with Gasteiger partial charge in [0.25, 0.3) is 0 Å². The Hall–Kier alpha value is -1.25. The third-order valence-corrected chi connectivity index (χ3v) is 4.55. The van der Waals surface area contributed by atoms with Crippen molar-refractivity contribution in [2.45, 2.75) is 32.1 Å². The van der Waals surface area contributed by atoms with E-state index >= 15 is 0 Å². The lowest BCUT2D eigenvalue weighted by Gasteiger charge is -2.03. The van der Waals surface area contributed by atoms with Crippen LogP contribution in [0.25, 0.3) is 0 Å². The first kappa shape index (κ1) is 14.7. The lowest BCUT2D eigenvalue weighted by atomic mass is 10.1. The van der Waals surface area contributed by atoms with Gasteiger partial charge in [0.05, 0.1) is 5.02 Å². The maximum absolute atomic E-state index is 12.2. The van der Waals surface area contributed by atoms with E-state index in [2.05, 4.69) is 6.92 Å². The molecular weight excluding hydrogens is 307 g/mol. The van der Waals surface area contributed by atoms with Crippen molar-refractivity contribution < 1.29 is 9.21 Å². The summed E-state index contributed by atoms with van der Waals surface area (Å²) < 4.78 is 5.81. The zero-order chi connectivity index (χ0) is 15.0. The van der Waals surface area contributed by atoms with Crippen LogP contribution in [0.3, 0.4) is 0 Å². The largest absolute Gasteiger partial charge is 0.466 e. The normalized spacial score (nSPS) is 20.5. The van der Waals surface area contributed by atoms with Gasteiger partial charge in [-0.1, -0.05) is 30.1 Å². The minimum absolute atomic E-state index is 0.0137. The van der Waals surface area contributed by atoms with Crippen molar-refractivity contribution in [2.24, 2.45) is 5.92 Å². The summed E-state index contributed by atoms with van der Waals surface area (Å²) in [7, 11) is 0. The van der Waals surface area contributed by atoms with Crippen LogP contribution in [0.4, 0.5) is 0 Å². The van der Waals surface area contributed by atoms with E-state index in [4.69, 9.17) is 27.6 Å². The lowest BCUT2D eigenvalue weighted by molar-refractivity contribution is 0.0981. The van der Waals surface area contributed by atoms with Crippen molar-refractivity contribution in [3.8, 4) is 0 Å². The number of Topliss-reactive ketones (excluding diaryl/α,β-unsaturated/α-hetero) is 1. The summed E-state index contributed by atoms with van der Waals surface area (Å²) in [5, 5.41) is 0.960. The van der Waals surface area contributed by atoms with Gasteiger partial charge in [0.15, 0.2) is 5.78 Å². The van der Waals surface area contributed by atoms with E-state index in [1.807, 2.05) is 12.1 Å². The van der Waals surface area contributed by atoms with E-state index in [0.717, 1.165) is 17.4 Å². The van der Waals surface area contributed by atoms with Gasteiger partial charge in [-0.25, -0.2) is 0 Å². The van der Waals surface area contributed by atoms with Gasteiger partial charge in [0.2, 0.25) is 0 Å². The fourth-order valence-electron chi connectivity index (χ4n) is 2.53. The fraction of sp³-hybridized carbons (Fsp3) is 0.353. The fourth-order valence-corrected chi connectivity index (χ4v) is 2.92. The Labute approximate surface area is 134 Å². The molecule has 1 fully saturated rings. The van der Waals surface area contributed by atoms with E-state index in [9.17, 15) is 4.79 Å². The molecule has 0 bridgehead atoms. The van der Waals surface area contributed by atoms with Crippen LogP contribution < -0.4 is 0 Å². The summed E-state index contributed by atoms with van der Waals surface area (Å²) >= 11 is 11.9. The van der Waals surface area contributed by atoms with Gasteiger partial charge in [0.1, 0.15) is 11.5 Å². The van der Waals surface area contributed by atoms with E-state index in [-0.39, 0.29) is 5.78 Å². The van der Waals surface area contributed by atoms with E-state index < -0.39 is 0 Å². The average molecular weight is 323 g/mol. The predicted octanol–water partition coefficient (Wildman–Crippen LogP) is 5.53. The van der Waals surface area contributed by atoms with Gasteiger partial charge < -0.3 is 4.42 Å². The van der Waals surface area contributed by atoms with Crippen molar-refractivity contribution in [1.29, 1.82) is 0 Å². The van der Waals surface area contributed by atoms with Crippen LogP contribution in [0.2, 0.25) is 10.0 Å². The van der Waals surface area contributed by atoms with Crippen LogP contribution in [-0.4, -0.2) is 5.78 Å². The molecule has 0 N–H and O–H groups in total. The van der Waals surface area contributed by atoms with Crippen LogP contribution in [0, 0.1) is 5.92 Å². The number of hydrogen-bond donors (Lipinski definition) is 0. The molecule has 0 radical (unpaired) electrons. The quantitative estimate of drug-likeness (QED) is 0.678. The van der Waals surface area contributed by atoms with Gasteiger partial charge >= 0.3 is 0 Å². The molecule has 110 valence electrons. The second kappa shape index (κ2) is 5.86. The Morgan fingerprint density at radius 1 is 1.29 bits per heavy atom. The first-order valence-electron chi connectivity index (χ1n) is 7.11. The zero-order valence-electron chi connectivity index (χ0n) is 11.7. The highest BCUT2D eigenvalue weighted by molar-refractivity contribution is 6.35. The molecule has 1 heterocycles. The van der Waals surface area contributed by atoms with Crippen molar-refractivity contribution in [3.63, 3.8) is 0 Å². The summed E-state index contributed by atoms with van der Waals surface area (Å²) in [4.78, 5) is 12.2. The third kappa shape index (κ3) is 3.33. The molecule has 1 aliphatic carbocycles. The SMILES string of the molecule is C[C@@H]1C[C@@H]1c1ccc(CCC(=O)c2cc(Cl)ccc2Cl)o1. The number of ketones is 1. The number of aryl methyl sites for hydroxylation is 1. The summed E-state index contributed by atoms with van der Waals surface area (Å²) in [6.45, 7) is 2.22. The number of benzene rings is 1. The van der Waals surface area contributed by atoms with E-state index in [0.29, 0.717) is 34.4 Å². The Morgan fingerprint density at radius 3 is 2.76 bits per heavy atom. The molecule has 4 heteroatoms. The van der Waals surface area contributed by atoms with Crippen LogP contribution in [0.15, 0.2) is 34.7 Å². The Morgan fingerprint density at radius 2 is 2.05 bits per heavy atom. The van der Waals surface area contributed by atoms with Crippen molar-refractivity contribution in [2.75, 3.05) is 0 Å². The average Bonchev–Trinajstić information content (AvgIpc) is 3.01. The number of carbonyl (C=O) groups is 1. The van der Waals surface area contributed by atoms with E-state index in [1.54, 1.807) is 18.2 Å². The molecule has 1 aromatic heterocycles. The molecule has 2 atom stereocenters. The van der Waals surface area contributed by atoms with Gasteiger partial charge in [0, 0.05) is 29.3 Å². The molecule has 1 aliphatic rings. The van der Waals surface area contributed by atoms with Crippen molar-refractivity contribution in [3.05, 3.63) is 57.5 Å². The molecule has 0 aliphatic heterocycles. The highest BCUT2D eigenvalue weighted by Crippen LogP contribution is 2.47. The zero-order valence-corrected chi connectivity index (χ0v) is 13.2. The monoisotopic (exact) mass is 322 g/mol. The second-order valence-electron chi connectivity index (χ2n) is 5.67. The number of halogens is 2. The minimum Gasteiger partial charge on any atom is -0.466 e. The van der Waals surface area contributed by atoms with Crippen molar-refractivity contribution >= 4 is 29.0 Å². The molecule has 1 saturated carbocycles.